The lowest BCUT2D eigenvalue weighted by atomic mass is 10.1. The van der Waals surface area contributed by atoms with Crippen molar-refractivity contribution in [2.24, 2.45) is 5.16 Å². The fraction of sp³-hybridized carbons (Fsp3) is 0.0833. The predicted octanol–water partition coefficient (Wildman–Crippen LogP) is 6.50. The molecule has 6 nitrogen and oxygen atoms in total. The first kappa shape index (κ1) is 24.2. The molecule has 0 bridgehead atoms. The van der Waals surface area contributed by atoms with E-state index >= 15 is 0 Å². The van der Waals surface area contributed by atoms with Crippen LogP contribution in [0, 0.1) is 0 Å². The second-order valence-corrected chi connectivity index (χ2v) is 8.82. The highest BCUT2D eigenvalue weighted by Crippen LogP contribution is 2.25. The molecule has 0 amide bonds. The molecule has 1 N–H and O–H groups in total. The molecule has 0 radical (unpaired) electrons. The second-order valence-electron chi connectivity index (χ2n) is 7.14. The van der Waals surface area contributed by atoms with E-state index in [1.54, 1.807) is 60.7 Å². The Balaban J connectivity index is 1.63. The number of aromatic nitrogens is 1. The Labute approximate surface area is 214 Å². The van der Waals surface area contributed by atoms with Gasteiger partial charge in [0.05, 0.1) is 17.2 Å². The first-order valence-corrected chi connectivity index (χ1v) is 11.4. The fourth-order valence-corrected chi connectivity index (χ4v) is 4.12. The Kier molecular flexibility index (Phi) is 7.54. The molecule has 0 saturated carbocycles. The molecule has 0 spiro atoms. The highest BCUT2D eigenvalue weighted by Gasteiger charge is 2.17. The Bertz CT molecular complexity index is 1450. The van der Waals surface area contributed by atoms with Crippen molar-refractivity contribution in [1.82, 2.24) is 4.73 Å². The van der Waals surface area contributed by atoms with Crippen LogP contribution in [-0.4, -0.2) is 16.1 Å². The molecule has 0 fully saturated rings. The standard InChI is InChI=1S/C24H16Cl4N2O4/c25-16-7-5-14(21(27)9-16)12-33-29-11-20-18-3-1-2-4-19(18)23(31)30(24(20)32)34-13-15-6-8-17(26)10-22(15)28/h1-11,32H,12-13H2/b29-11-. The van der Waals surface area contributed by atoms with Crippen molar-refractivity contribution in [2.75, 3.05) is 0 Å². The van der Waals surface area contributed by atoms with E-state index in [1.165, 1.54) is 6.21 Å². The van der Waals surface area contributed by atoms with Crippen LogP contribution in [-0.2, 0) is 18.1 Å². The Hall–Kier alpha value is -2.90. The van der Waals surface area contributed by atoms with Gasteiger partial charge in [0.2, 0.25) is 5.88 Å². The number of fused-ring (bicyclic) bond motifs is 1. The van der Waals surface area contributed by atoms with Gasteiger partial charge in [0.25, 0.3) is 5.56 Å². The van der Waals surface area contributed by atoms with Gasteiger partial charge in [-0.2, -0.15) is 0 Å². The summed E-state index contributed by atoms with van der Waals surface area (Å²) < 4.78 is 0.796. The average molecular weight is 538 g/mol. The molecule has 0 saturated heterocycles. The number of pyridine rings is 1. The molecule has 1 aromatic heterocycles. The summed E-state index contributed by atoms with van der Waals surface area (Å²) in [6.07, 6.45) is 1.30. The van der Waals surface area contributed by atoms with Gasteiger partial charge in [0.15, 0.2) is 0 Å². The Morgan fingerprint density at radius 2 is 1.44 bits per heavy atom. The Morgan fingerprint density at radius 1 is 0.853 bits per heavy atom. The van der Waals surface area contributed by atoms with Gasteiger partial charge in [-0.25, -0.2) is 0 Å². The first-order chi connectivity index (χ1) is 16.3. The van der Waals surface area contributed by atoms with Gasteiger partial charge >= 0.3 is 0 Å². The number of nitrogens with zero attached hydrogens (tertiary/aromatic N) is 2. The van der Waals surface area contributed by atoms with Crippen LogP contribution in [0.5, 0.6) is 5.88 Å². The zero-order valence-corrected chi connectivity index (χ0v) is 20.4. The fourth-order valence-electron chi connectivity index (χ4n) is 3.20. The number of aromatic hydroxyl groups is 1. The maximum Gasteiger partial charge on any atom is 0.294 e. The van der Waals surface area contributed by atoms with Gasteiger partial charge in [0.1, 0.15) is 13.2 Å². The maximum absolute atomic E-state index is 13.0. The molecule has 3 aromatic carbocycles. The lowest BCUT2D eigenvalue weighted by Crippen LogP contribution is -2.28. The normalized spacial score (nSPS) is 11.3. The van der Waals surface area contributed by atoms with Crippen molar-refractivity contribution < 1.29 is 14.8 Å². The molecular formula is C24H16Cl4N2O4. The van der Waals surface area contributed by atoms with Crippen LogP contribution in [0.15, 0.2) is 70.6 Å². The van der Waals surface area contributed by atoms with Gasteiger partial charge in [-0.15, -0.1) is 4.73 Å². The molecule has 0 aliphatic heterocycles. The van der Waals surface area contributed by atoms with Crippen molar-refractivity contribution >= 4 is 63.4 Å². The predicted molar refractivity (Wildman–Crippen MR) is 135 cm³/mol. The van der Waals surface area contributed by atoms with Gasteiger partial charge in [0, 0.05) is 36.6 Å². The van der Waals surface area contributed by atoms with E-state index in [4.69, 9.17) is 56.1 Å². The minimum absolute atomic E-state index is 0.0794. The summed E-state index contributed by atoms with van der Waals surface area (Å²) in [6.45, 7) is 0.000357. The largest absolute Gasteiger partial charge is 0.492 e. The lowest BCUT2D eigenvalue weighted by molar-refractivity contribution is 0.0720. The summed E-state index contributed by atoms with van der Waals surface area (Å²) in [4.78, 5) is 23.9. The number of halogens is 4. The van der Waals surface area contributed by atoms with Crippen LogP contribution in [0.3, 0.4) is 0 Å². The highest BCUT2D eigenvalue weighted by atomic mass is 35.5. The van der Waals surface area contributed by atoms with E-state index in [0.29, 0.717) is 42.0 Å². The van der Waals surface area contributed by atoms with Crippen LogP contribution < -0.4 is 10.4 Å². The van der Waals surface area contributed by atoms with Crippen LogP contribution in [0.25, 0.3) is 10.8 Å². The quantitative estimate of drug-likeness (QED) is 0.216. The number of benzene rings is 3. The summed E-state index contributed by atoms with van der Waals surface area (Å²) >= 11 is 24.2. The molecule has 4 rings (SSSR count). The topological polar surface area (TPSA) is 73.0 Å². The van der Waals surface area contributed by atoms with Gasteiger partial charge in [-0.1, -0.05) is 81.9 Å². The minimum Gasteiger partial charge on any atom is -0.492 e. The van der Waals surface area contributed by atoms with Crippen LogP contribution in [0.1, 0.15) is 16.7 Å². The zero-order chi connectivity index (χ0) is 24.2. The molecule has 0 aliphatic carbocycles. The summed E-state index contributed by atoms with van der Waals surface area (Å²) in [5.41, 5.74) is 0.971. The summed E-state index contributed by atoms with van der Waals surface area (Å²) in [5, 5.41) is 17.4. The zero-order valence-electron chi connectivity index (χ0n) is 17.3. The van der Waals surface area contributed by atoms with Crippen LogP contribution in [0.4, 0.5) is 0 Å². The third-order valence-electron chi connectivity index (χ3n) is 4.92. The van der Waals surface area contributed by atoms with Gasteiger partial charge < -0.3 is 14.8 Å². The number of rotatable bonds is 7. The molecule has 174 valence electrons. The minimum atomic E-state index is -0.538. The third kappa shape index (κ3) is 5.26. The average Bonchev–Trinajstić information content (AvgIpc) is 2.81. The SMILES string of the molecule is O=c1c2ccccc2c(/C=N\OCc2ccc(Cl)cc2Cl)c(O)n1OCc1ccc(Cl)cc1Cl. The van der Waals surface area contributed by atoms with Crippen molar-refractivity contribution in [2.45, 2.75) is 13.2 Å². The van der Waals surface area contributed by atoms with Crippen molar-refractivity contribution in [1.29, 1.82) is 0 Å². The van der Waals surface area contributed by atoms with E-state index in [0.717, 1.165) is 4.73 Å². The molecule has 4 aromatic rings. The molecule has 1 heterocycles. The van der Waals surface area contributed by atoms with E-state index in [1.807, 2.05) is 0 Å². The third-order valence-corrected chi connectivity index (χ3v) is 6.10. The summed E-state index contributed by atoms with van der Waals surface area (Å²) in [7, 11) is 0. The first-order valence-electron chi connectivity index (χ1n) is 9.88. The summed E-state index contributed by atoms with van der Waals surface area (Å²) in [6, 6.07) is 16.7. The monoisotopic (exact) mass is 536 g/mol. The molecule has 0 unspecified atom stereocenters. The number of oxime groups is 1. The van der Waals surface area contributed by atoms with Crippen molar-refractivity contribution in [3.05, 3.63) is 108 Å². The number of hydrogen-bond donors (Lipinski definition) is 1. The smallest absolute Gasteiger partial charge is 0.294 e. The van der Waals surface area contributed by atoms with Gasteiger partial charge in [-0.05, 0) is 30.3 Å². The molecule has 0 aliphatic rings. The van der Waals surface area contributed by atoms with Crippen molar-refractivity contribution in [3.8, 4) is 5.88 Å². The van der Waals surface area contributed by atoms with E-state index < -0.39 is 11.4 Å². The second kappa shape index (κ2) is 10.6. The van der Waals surface area contributed by atoms with Crippen molar-refractivity contribution in [3.63, 3.8) is 0 Å². The van der Waals surface area contributed by atoms with E-state index in [2.05, 4.69) is 5.16 Å². The molecule has 34 heavy (non-hydrogen) atoms. The van der Waals surface area contributed by atoms with Crippen LogP contribution in [0.2, 0.25) is 20.1 Å². The summed E-state index contributed by atoms with van der Waals surface area (Å²) in [5.74, 6) is -0.439. The highest BCUT2D eigenvalue weighted by molar-refractivity contribution is 6.35. The maximum atomic E-state index is 13.0. The van der Waals surface area contributed by atoms with E-state index in [9.17, 15) is 9.90 Å². The van der Waals surface area contributed by atoms with Gasteiger partial charge in [-0.3, -0.25) is 4.79 Å². The van der Waals surface area contributed by atoms with E-state index in [-0.39, 0.29) is 18.8 Å². The Morgan fingerprint density at radius 3 is 2.06 bits per heavy atom. The molecule has 10 heteroatoms. The lowest BCUT2D eigenvalue weighted by Gasteiger charge is -2.14. The molecule has 0 atom stereocenters. The molecular weight excluding hydrogens is 522 g/mol. The van der Waals surface area contributed by atoms with Crippen LogP contribution >= 0.6 is 46.4 Å². The number of hydrogen-bond acceptors (Lipinski definition) is 5.